The first-order valence-corrected chi connectivity index (χ1v) is 8.44. The molecule has 1 heterocycles. The van der Waals surface area contributed by atoms with Gasteiger partial charge in [-0.1, -0.05) is 24.3 Å². The Morgan fingerprint density at radius 3 is 2.15 bits per heavy atom. The molecule has 3 rings (SSSR count). The van der Waals surface area contributed by atoms with Gasteiger partial charge in [-0.25, -0.2) is 4.79 Å². The van der Waals surface area contributed by atoms with Crippen LogP contribution < -0.4 is 15.1 Å². The maximum absolute atomic E-state index is 12.8. The van der Waals surface area contributed by atoms with E-state index in [9.17, 15) is 9.59 Å². The molecule has 6 nitrogen and oxygen atoms in total. The van der Waals surface area contributed by atoms with Gasteiger partial charge in [0.15, 0.2) is 0 Å². The summed E-state index contributed by atoms with van der Waals surface area (Å²) < 4.78 is 0. The minimum atomic E-state index is -0.232. The van der Waals surface area contributed by atoms with Crippen LogP contribution in [0.1, 0.15) is 10.4 Å². The maximum atomic E-state index is 12.8. The Morgan fingerprint density at radius 2 is 1.44 bits per heavy atom. The lowest BCUT2D eigenvalue weighted by atomic mass is 10.2. The summed E-state index contributed by atoms with van der Waals surface area (Å²) >= 11 is 0. The second-order valence-electron chi connectivity index (χ2n) is 5.98. The SMILES string of the molecule is CN(C(=O)N(C)c1cccc(NC(=O)c2ccncc2)c1)c1ccccc1. The minimum Gasteiger partial charge on any atom is -0.322 e. The van der Waals surface area contributed by atoms with Crippen LogP contribution in [0, 0.1) is 0 Å². The fourth-order valence-electron chi connectivity index (χ4n) is 2.60. The van der Waals surface area contributed by atoms with Gasteiger partial charge in [-0.2, -0.15) is 0 Å². The van der Waals surface area contributed by atoms with Gasteiger partial charge in [0.1, 0.15) is 0 Å². The first-order valence-electron chi connectivity index (χ1n) is 8.44. The number of pyridine rings is 1. The molecule has 1 aromatic heterocycles. The third kappa shape index (κ3) is 4.30. The van der Waals surface area contributed by atoms with Gasteiger partial charge in [-0.15, -0.1) is 0 Å². The highest BCUT2D eigenvalue weighted by atomic mass is 16.2. The summed E-state index contributed by atoms with van der Waals surface area (Å²) in [5, 5.41) is 2.84. The number of hydrogen-bond donors (Lipinski definition) is 1. The summed E-state index contributed by atoms with van der Waals surface area (Å²) in [5.74, 6) is -0.232. The van der Waals surface area contributed by atoms with Gasteiger partial charge >= 0.3 is 6.03 Å². The molecule has 0 aliphatic heterocycles. The van der Waals surface area contributed by atoms with E-state index in [1.807, 2.05) is 36.4 Å². The zero-order valence-corrected chi connectivity index (χ0v) is 15.2. The summed E-state index contributed by atoms with van der Waals surface area (Å²) in [5.41, 5.74) is 2.60. The van der Waals surface area contributed by atoms with Crippen LogP contribution in [0.5, 0.6) is 0 Å². The zero-order valence-electron chi connectivity index (χ0n) is 15.2. The second kappa shape index (κ2) is 8.14. The Balaban J connectivity index is 1.74. The van der Waals surface area contributed by atoms with Crippen molar-refractivity contribution in [3.8, 4) is 0 Å². The van der Waals surface area contributed by atoms with E-state index >= 15 is 0 Å². The number of carbonyl (C=O) groups is 2. The number of hydrogen-bond acceptors (Lipinski definition) is 3. The van der Waals surface area contributed by atoms with Crippen LogP contribution >= 0.6 is 0 Å². The molecule has 0 bridgehead atoms. The van der Waals surface area contributed by atoms with Crippen molar-refractivity contribution in [1.82, 2.24) is 4.98 Å². The van der Waals surface area contributed by atoms with E-state index in [4.69, 9.17) is 0 Å². The van der Waals surface area contributed by atoms with Crippen LogP contribution in [-0.2, 0) is 0 Å². The number of urea groups is 1. The van der Waals surface area contributed by atoms with Crippen molar-refractivity contribution >= 4 is 29.0 Å². The molecule has 0 fully saturated rings. The van der Waals surface area contributed by atoms with Crippen LogP contribution in [0.2, 0.25) is 0 Å². The molecule has 0 aliphatic rings. The average Bonchev–Trinajstić information content (AvgIpc) is 2.73. The highest BCUT2D eigenvalue weighted by Gasteiger charge is 2.17. The second-order valence-corrected chi connectivity index (χ2v) is 5.98. The van der Waals surface area contributed by atoms with Crippen molar-refractivity contribution in [2.45, 2.75) is 0 Å². The summed E-state index contributed by atoms with van der Waals surface area (Å²) in [6, 6.07) is 19.7. The van der Waals surface area contributed by atoms with Gasteiger partial charge in [-0.3, -0.25) is 19.6 Å². The molecule has 6 heteroatoms. The summed E-state index contributed by atoms with van der Waals surface area (Å²) in [4.78, 5) is 32.1. The van der Waals surface area contributed by atoms with E-state index in [1.54, 1.807) is 61.7 Å². The van der Waals surface area contributed by atoms with Crippen molar-refractivity contribution in [2.24, 2.45) is 0 Å². The van der Waals surface area contributed by atoms with Gasteiger partial charge in [-0.05, 0) is 42.5 Å². The van der Waals surface area contributed by atoms with Gasteiger partial charge in [0.05, 0.1) is 0 Å². The monoisotopic (exact) mass is 360 g/mol. The molecule has 0 radical (unpaired) electrons. The van der Waals surface area contributed by atoms with Gasteiger partial charge in [0.25, 0.3) is 5.91 Å². The fourth-order valence-corrected chi connectivity index (χ4v) is 2.60. The standard InChI is InChI=1S/C21H20N4O2/c1-24(18-8-4-3-5-9-18)21(27)25(2)19-10-6-7-17(15-19)23-20(26)16-11-13-22-14-12-16/h3-15H,1-2H3,(H,23,26). The molecule has 0 spiro atoms. The highest BCUT2D eigenvalue weighted by molar-refractivity contribution is 6.05. The quantitative estimate of drug-likeness (QED) is 0.764. The Kier molecular flexibility index (Phi) is 5.47. The van der Waals surface area contributed by atoms with E-state index in [0.717, 1.165) is 5.69 Å². The number of nitrogens with one attached hydrogen (secondary N) is 1. The van der Waals surface area contributed by atoms with Gasteiger partial charge < -0.3 is 5.32 Å². The van der Waals surface area contributed by atoms with Crippen LogP contribution in [0.4, 0.5) is 21.9 Å². The fraction of sp³-hybridized carbons (Fsp3) is 0.0952. The number of para-hydroxylation sites is 1. The zero-order chi connectivity index (χ0) is 19.2. The van der Waals surface area contributed by atoms with E-state index < -0.39 is 0 Å². The Bertz CT molecular complexity index is 929. The van der Waals surface area contributed by atoms with Crippen molar-refractivity contribution in [3.63, 3.8) is 0 Å². The van der Waals surface area contributed by atoms with E-state index in [-0.39, 0.29) is 11.9 Å². The van der Waals surface area contributed by atoms with E-state index in [0.29, 0.717) is 16.9 Å². The molecular weight excluding hydrogens is 340 g/mol. The molecule has 0 saturated heterocycles. The lowest BCUT2D eigenvalue weighted by Crippen LogP contribution is -2.38. The first-order chi connectivity index (χ1) is 13.1. The highest BCUT2D eigenvalue weighted by Crippen LogP contribution is 2.21. The number of nitrogens with zero attached hydrogens (tertiary/aromatic N) is 3. The van der Waals surface area contributed by atoms with E-state index in [1.165, 1.54) is 4.90 Å². The van der Waals surface area contributed by atoms with E-state index in [2.05, 4.69) is 10.3 Å². The molecule has 27 heavy (non-hydrogen) atoms. The summed E-state index contributed by atoms with van der Waals surface area (Å²) in [7, 11) is 3.43. The lowest BCUT2D eigenvalue weighted by molar-refractivity contribution is 0.102. The third-order valence-corrected chi connectivity index (χ3v) is 4.15. The number of anilines is 3. The minimum absolute atomic E-state index is 0.182. The summed E-state index contributed by atoms with van der Waals surface area (Å²) in [6.07, 6.45) is 3.13. The summed E-state index contributed by atoms with van der Waals surface area (Å²) in [6.45, 7) is 0. The number of benzene rings is 2. The van der Waals surface area contributed by atoms with Crippen LogP contribution in [-0.4, -0.2) is 31.0 Å². The smallest absolute Gasteiger partial charge is 0.322 e. The molecule has 3 aromatic rings. The predicted octanol–water partition coefficient (Wildman–Crippen LogP) is 4.03. The van der Waals surface area contributed by atoms with Gasteiger partial charge in [0, 0.05) is 49.1 Å². The topological polar surface area (TPSA) is 65.5 Å². The molecule has 3 amide bonds. The van der Waals surface area contributed by atoms with Crippen molar-refractivity contribution in [1.29, 1.82) is 0 Å². The van der Waals surface area contributed by atoms with Crippen LogP contribution in [0.15, 0.2) is 79.1 Å². The molecule has 0 unspecified atom stereocenters. The lowest BCUT2D eigenvalue weighted by Gasteiger charge is -2.25. The molecule has 1 N–H and O–H groups in total. The molecule has 0 saturated carbocycles. The first kappa shape index (κ1) is 18.1. The van der Waals surface area contributed by atoms with Crippen LogP contribution in [0.3, 0.4) is 0 Å². The number of rotatable bonds is 4. The molecular formula is C21H20N4O2. The van der Waals surface area contributed by atoms with Crippen molar-refractivity contribution < 1.29 is 9.59 Å². The number of carbonyl (C=O) groups excluding carboxylic acids is 2. The maximum Gasteiger partial charge on any atom is 0.328 e. The number of amides is 3. The largest absolute Gasteiger partial charge is 0.328 e. The third-order valence-electron chi connectivity index (χ3n) is 4.15. The van der Waals surface area contributed by atoms with Crippen molar-refractivity contribution in [3.05, 3.63) is 84.7 Å². The average molecular weight is 360 g/mol. The predicted molar refractivity (Wildman–Crippen MR) is 107 cm³/mol. The normalized spacial score (nSPS) is 10.1. The molecule has 0 aliphatic carbocycles. The Labute approximate surface area is 158 Å². The Morgan fingerprint density at radius 1 is 0.815 bits per heavy atom. The molecule has 0 atom stereocenters. The van der Waals surface area contributed by atoms with Crippen molar-refractivity contribution in [2.75, 3.05) is 29.2 Å². The number of aromatic nitrogens is 1. The molecule has 136 valence electrons. The van der Waals surface area contributed by atoms with Gasteiger partial charge in [0.2, 0.25) is 0 Å². The Hall–Kier alpha value is -3.67. The molecule has 2 aromatic carbocycles. The van der Waals surface area contributed by atoms with Crippen LogP contribution in [0.25, 0.3) is 0 Å².